The average molecular weight is 1100 g/mol. The van der Waals surface area contributed by atoms with Crippen LogP contribution in [-0.4, -0.2) is 103 Å². The van der Waals surface area contributed by atoms with Crippen LogP contribution in [0.4, 0.5) is 0 Å². The Morgan fingerprint density at radius 3 is 1.75 bits per heavy atom. The Morgan fingerprint density at radius 1 is 0.667 bits per heavy atom. The van der Waals surface area contributed by atoms with Gasteiger partial charge < -0.3 is 9.47 Å². The second kappa shape index (κ2) is 26.3. The number of aromatic nitrogens is 10. The molecule has 0 aliphatic carbocycles. The van der Waals surface area contributed by atoms with Gasteiger partial charge in [0.15, 0.2) is 11.9 Å². The summed E-state index contributed by atoms with van der Waals surface area (Å²) >= 11 is 0. The van der Waals surface area contributed by atoms with Crippen molar-refractivity contribution in [1.82, 2.24) is 71.0 Å². The van der Waals surface area contributed by atoms with Crippen molar-refractivity contribution in [3.05, 3.63) is 139 Å². The first-order valence-electron chi connectivity index (χ1n) is 21.9. The third kappa shape index (κ3) is 15.1. The molecule has 0 radical (unpaired) electrons. The molecular weight excluding hydrogens is 1050 g/mol. The molecule has 0 saturated heterocycles. The van der Waals surface area contributed by atoms with E-state index in [-0.39, 0.29) is 62.9 Å². The molecule has 2 unspecified atom stereocenters. The Labute approximate surface area is 432 Å². The monoisotopic (exact) mass is 1100 g/mol. The lowest BCUT2D eigenvalue weighted by molar-refractivity contribution is 0.0471. The third-order valence-corrected chi connectivity index (χ3v) is 12.9. The highest BCUT2D eigenvalue weighted by atomic mass is 35.7. The van der Waals surface area contributed by atoms with Gasteiger partial charge in [0, 0.05) is 44.4 Å². The van der Waals surface area contributed by atoms with Crippen LogP contribution in [0.3, 0.4) is 0 Å². The van der Waals surface area contributed by atoms with Crippen LogP contribution >= 0.6 is 10.7 Å². The van der Waals surface area contributed by atoms with E-state index < -0.39 is 43.2 Å². The number of carbonyl (C=O) groups excluding carboxylic acids is 4. The van der Waals surface area contributed by atoms with Crippen molar-refractivity contribution in [2.45, 2.75) is 56.7 Å². The number of benzene rings is 2. The zero-order valence-corrected chi connectivity index (χ0v) is 44.1. The quantitative estimate of drug-likeness (QED) is 0.0339. The molecule has 0 bridgehead atoms. The topological polar surface area (TPSA) is 401 Å². The summed E-state index contributed by atoms with van der Waals surface area (Å²) in [5.74, 6) is 6.34. The number of nitrogens with zero attached hydrogens (tertiary/aromatic N) is 8. The van der Waals surface area contributed by atoms with E-state index in [1.165, 1.54) is 56.9 Å². The van der Waals surface area contributed by atoms with Crippen LogP contribution in [0, 0.1) is 13.8 Å². The fourth-order valence-corrected chi connectivity index (χ4v) is 8.31. The van der Waals surface area contributed by atoms with Gasteiger partial charge in [-0.3, -0.25) is 70.6 Å². The molecule has 5 aromatic heterocycles. The normalized spacial score (nSPS) is 14.3. The van der Waals surface area contributed by atoms with Crippen LogP contribution in [0.5, 0.6) is 0 Å². The van der Waals surface area contributed by atoms with Gasteiger partial charge in [0.25, 0.3) is 42.1 Å². The minimum Gasteiger partial charge on any atom is -0.462 e. The van der Waals surface area contributed by atoms with Gasteiger partial charge >= 0.3 is 11.9 Å². The summed E-state index contributed by atoms with van der Waals surface area (Å²) < 4.78 is 66.6. The van der Waals surface area contributed by atoms with E-state index in [4.69, 9.17) is 24.3 Å². The third-order valence-electron chi connectivity index (χ3n) is 10.3. The summed E-state index contributed by atoms with van der Waals surface area (Å²) in [4.78, 5) is 68.4. The van der Waals surface area contributed by atoms with Crippen molar-refractivity contribution in [3.63, 3.8) is 0 Å². The molecule has 7 heterocycles. The smallest absolute Gasteiger partial charge is 0.357 e. The van der Waals surface area contributed by atoms with E-state index in [9.17, 15) is 45.6 Å². The van der Waals surface area contributed by atoms with Gasteiger partial charge in [0.05, 0.1) is 70.5 Å². The van der Waals surface area contributed by atoms with Crippen molar-refractivity contribution in [2.75, 3.05) is 13.2 Å². The SMILES string of the molecule is CC1NNC(=O)c2c1cnn2C.CCOC(=O)c1cnn(C)c1C(=O)OCC.Cc1ccc(S(=O)(=O)Cl)cc1.Cc1ccc(S(=O)(=O)OC2NNC(=O)c3cnn(C)c32)cc1.Cn1ncc2c(=O)[nH][nH]c(=O)c21.NN. The molecule has 2 atom stereocenters. The summed E-state index contributed by atoms with van der Waals surface area (Å²) in [7, 11) is 4.09. The summed E-state index contributed by atoms with van der Waals surface area (Å²) in [6.07, 6.45) is 4.69. The fraction of sp³-hybridized carbons (Fsp3) is 0.302. The zero-order valence-electron chi connectivity index (χ0n) is 41.7. The molecule has 0 spiro atoms. The number of ether oxygens (including phenoxy) is 2. The lowest BCUT2D eigenvalue weighted by Gasteiger charge is -2.24. The molecule has 29 nitrogen and oxygen atoms in total. The number of hydrogen-bond donors (Lipinski definition) is 8. The molecule has 75 heavy (non-hydrogen) atoms. The highest BCUT2D eigenvalue weighted by Gasteiger charge is 2.34. The maximum absolute atomic E-state index is 12.3. The number of rotatable bonds is 8. The standard InChI is InChI=1S/C13H14N4O4S.C10H14N2O4.C7H7ClO2S.C7H10N4O.C6H6N4O2.H4N2/c1-8-3-5-9(6-4-8)22(19,20)21-13-11-10(7-14-17(11)2)12(18)15-16-13;1-4-15-9(13)7-6-11-12(3)8(7)10(14)16-5-2;1-6-2-4-7(5-3-6)11(8,9)10;1-4-5-3-8-11(2)6(5)7(12)10-9-4;1-10-4-3(2-7-10)5(11)8-9-6(4)12;1-2/h3-7,13,16H,1-2H3,(H,15,18);6H,4-5H2,1-3H3;2-5H,1H3;3-4,9H,1-2H3,(H,10,12);2H,1H3,(H,8,11)(H,9,12);1-2H2. The number of nitrogens with two attached hydrogens (primary N) is 2. The highest BCUT2D eigenvalue weighted by molar-refractivity contribution is 8.13. The van der Waals surface area contributed by atoms with Crippen molar-refractivity contribution in [2.24, 2.45) is 39.9 Å². The predicted molar refractivity (Wildman–Crippen MR) is 268 cm³/mol. The van der Waals surface area contributed by atoms with E-state index >= 15 is 0 Å². The zero-order chi connectivity index (χ0) is 55.9. The first-order valence-corrected chi connectivity index (χ1v) is 25.6. The Balaban J connectivity index is 0.000000206. The molecule has 32 heteroatoms. The molecule has 9 rings (SSSR count). The van der Waals surface area contributed by atoms with Gasteiger partial charge in [-0.05, 0) is 58.9 Å². The second-order valence-corrected chi connectivity index (χ2v) is 19.6. The van der Waals surface area contributed by atoms with Crippen LogP contribution in [-0.2, 0) is 61.0 Å². The number of aromatic amines is 2. The maximum Gasteiger partial charge on any atom is 0.357 e. The summed E-state index contributed by atoms with van der Waals surface area (Å²) in [6, 6.07) is 12.8. The molecule has 10 N–H and O–H groups in total. The summed E-state index contributed by atoms with van der Waals surface area (Å²) in [5.41, 5.74) is 14.3. The Morgan fingerprint density at radius 2 is 1.19 bits per heavy atom. The summed E-state index contributed by atoms with van der Waals surface area (Å²) in [6.45, 7) is 9.58. The molecule has 0 saturated carbocycles. The van der Waals surface area contributed by atoms with E-state index in [2.05, 4.69) is 64.0 Å². The van der Waals surface area contributed by atoms with Crippen molar-refractivity contribution in [1.29, 1.82) is 0 Å². The number of fused-ring (bicyclic) bond motifs is 3. The van der Waals surface area contributed by atoms with E-state index in [1.54, 1.807) is 77.2 Å². The van der Waals surface area contributed by atoms with Crippen molar-refractivity contribution >= 4 is 64.5 Å². The number of aryl methyl sites for hydroxylation is 6. The number of amides is 2. The van der Waals surface area contributed by atoms with Crippen LogP contribution in [0.1, 0.15) is 97.1 Å². The number of esters is 2. The van der Waals surface area contributed by atoms with Crippen LogP contribution in [0.25, 0.3) is 10.9 Å². The Kier molecular flexibility index (Phi) is 21.0. The van der Waals surface area contributed by atoms with Crippen LogP contribution < -0.4 is 44.5 Å². The molecule has 2 aliphatic rings. The largest absolute Gasteiger partial charge is 0.462 e. The van der Waals surface area contributed by atoms with Gasteiger partial charge in [-0.1, -0.05) is 35.4 Å². The minimum absolute atomic E-state index is 0.0421. The van der Waals surface area contributed by atoms with Gasteiger partial charge in [0.1, 0.15) is 16.8 Å². The van der Waals surface area contributed by atoms with Crippen LogP contribution in [0.15, 0.2) is 92.7 Å². The van der Waals surface area contributed by atoms with E-state index in [0.717, 1.165) is 16.7 Å². The second-order valence-electron chi connectivity index (χ2n) is 15.5. The molecular formula is C43H55ClN16O13S2. The number of hydrogen-bond acceptors (Lipinski definition) is 21. The average Bonchev–Trinajstić information content (AvgIpc) is 4.17. The predicted octanol–water partition coefficient (Wildman–Crippen LogP) is 0.574. The fourth-order valence-electron chi connectivity index (χ4n) is 6.57. The maximum atomic E-state index is 12.3. The first kappa shape index (κ1) is 59.7. The molecule has 0 fully saturated rings. The first-order chi connectivity index (χ1) is 35.4. The van der Waals surface area contributed by atoms with Crippen molar-refractivity contribution in [3.8, 4) is 0 Å². The lowest BCUT2D eigenvalue weighted by atomic mass is 10.1. The number of carbonyl (C=O) groups is 4. The number of nitrogens with one attached hydrogen (secondary N) is 6. The molecule has 2 aromatic carbocycles. The molecule has 404 valence electrons. The van der Waals surface area contributed by atoms with Gasteiger partial charge in [-0.15, -0.1) is 0 Å². The van der Waals surface area contributed by atoms with Gasteiger partial charge in [0.2, 0.25) is 0 Å². The lowest BCUT2D eigenvalue weighted by Crippen LogP contribution is -2.47. The van der Waals surface area contributed by atoms with Gasteiger partial charge in [-0.25, -0.2) is 27.6 Å². The molecule has 7 aromatic rings. The number of halogens is 1. The molecule has 2 amide bonds. The van der Waals surface area contributed by atoms with E-state index in [1.807, 2.05) is 20.8 Å². The van der Waals surface area contributed by atoms with Gasteiger partial charge in [-0.2, -0.15) is 34.2 Å². The minimum atomic E-state index is -3.99. The van der Waals surface area contributed by atoms with Crippen LogP contribution in [0.2, 0.25) is 0 Å². The van der Waals surface area contributed by atoms with E-state index in [0.29, 0.717) is 22.3 Å². The van der Waals surface area contributed by atoms with Crippen molar-refractivity contribution < 1.29 is 49.7 Å². The number of H-pyrrole nitrogens is 2. The number of hydrazine groups is 3. The Bertz CT molecular complexity index is 3480. The highest BCUT2D eigenvalue weighted by Crippen LogP contribution is 2.26. The molecule has 2 aliphatic heterocycles. The Hall–Kier alpha value is -7.91. The summed E-state index contributed by atoms with van der Waals surface area (Å²) in [5, 5.41) is 20.3.